The molecule has 0 radical (unpaired) electrons. The molecule has 3 nitrogen and oxygen atoms in total. The Labute approximate surface area is 140 Å². The zero-order valence-corrected chi connectivity index (χ0v) is 13.7. The van der Waals surface area contributed by atoms with E-state index in [0.29, 0.717) is 10.7 Å². The molecule has 0 unspecified atom stereocenters. The number of anilines is 1. The number of fused-ring (bicyclic) bond motifs is 1. The fraction of sp³-hybridized carbons (Fsp3) is 0. The number of hydrogen-bond donors (Lipinski definition) is 1. The summed E-state index contributed by atoms with van der Waals surface area (Å²) in [6, 6.07) is 15.1. The number of amides is 1. The highest BCUT2D eigenvalue weighted by Crippen LogP contribution is 2.25. The largest absolute Gasteiger partial charge is 0.322 e. The van der Waals surface area contributed by atoms with Gasteiger partial charge in [-0.05, 0) is 52.2 Å². The Bertz CT molecular complexity index is 818. The van der Waals surface area contributed by atoms with E-state index >= 15 is 0 Å². The Hall–Kier alpha value is -1.66. The molecule has 0 aliphatic rings. The van der Waals surface area contributed by atoms with E-state index in [4.69, 9.17) is 11.6 Å². The lowest BCUT2D eigenvalue weighted by Gasteiger charge is -2.08. The SMILES string of the molecule is O=C(Nc1ccc(I)cc1)c1cnc(Cl)c2ccccc12. The van der Waals surface area contributed by atoms with Gasteiger partial charge in [0.2, 0.25) is 0 Å². The van der Waals surface area contributed by atoms with Crippen molar-refractivity contribution in [2.45, 2.75) is 0 Å². The first-order valence-corrected chi connectivity index (χ1v) is 7.71. The average Bonchev–Trinajstić information content (AvgIpc) is 2.50. The number of carbonyl (C=O) groups excluding carboxylic acids is 1. The predicted octanol–water partition coefficient (Wildman–Crippen LogP) is 4.75. The summed E-state index contributed by atoms with van der Waals surface area (Å²) in [7, 11) is 0. The molecular formula is C16H10ClIN2O. The summed E-state index contributed by atoms with van der Waals surface area (Å²) < 4.78 is 1.12. The second-order valence-corrected chi connectivity index (χ2v) is 6.07. The fourth-order valence-corrected chi connectivity index (χ4v) is 2.64. The Balaban J connectivity index is 1.98. The molecule has 1 amide bonds. The van der Waals surface area contributed by atoms with Crippen LogP contribution in [0.15, 0.2) is 54.7 Å². The highest BCUT2D eigenvalue weighted by atomic mass is 127. The second-order valence-electron chi connectivity index (χ2n) is 4.47. The number of benzene rings is 2. The summed E-state index contributed by atoms with van der Waals surface area (Å²) in [5.74, 6) is -0.198. The van der Waals surface area contributed by atoms with E-state index in [1.54, 1.807) is 0 Å². The molecule has 0 saturated carbocycles. The number of halogens is 2. The molecule has 1 N–H and O–H groups in total. The van der Waals surface area contributed by atoms with E-state index in [-0.39, 0.29) is 5.91 Å². The van der Waals surface area contributed by atoms with Gasteiger partial charge in [0.1, 0.15) is 5.15 Å². The third-order valence-corrected chi connectivity index (χ3v) is 4.11. The van der Waals surface area contributed by atoms with E-state index in [1.165, 1.54) is 6.20 Å². The van der Waals surface area contributed by atoms with Crippen LogP contribution in [0.5, 0.6) is 0 Å². The Morgan fingerprint density at radius 2 is 1.71 bits per heavy atom. The molecule has 0 spiro atoms. The van der Waals surface area contributed by atoms with Gasteiger partial charge in [-0.2, -0.15) is 0 Å². The molecule has 0 aliphatic heterocycles. The van der Waals surface area contributed by atoms with E-state index in [1.807, 2.05) is 48.5 Å². The fourth-order valence-electron chi connectivity index (χ4n) is 2.07. The first-order chi connectivity index (χ1) is 10.1. The molecule has 1 heterocycles. The molecule has 3 aromatic rings. The van der Waals surface area contributed by atoms with Gasteiger partial charge < -0.3 is 5.32 Å². The third-order valence-electron chi connectivity index (χ3n) is 3.09. The first kappa shape index (κ1) is 14.3. The lowest BCUT2D eigenvalue weighted by Crippen LogP contribution is -2.12. The van der Waals surface area contributed by atoms with Crippen molar-refractivity contribution in [2.24, 2.45) is 0 Å². The van der Waals surface area contributed by atoms with Crippen LogP contribution in [0, 0.1) is 3.57 Å². The molecule has 2 aromatic carbocycles. The minimum absolute atomic E-state index is 0.198. The van der Waals surface area contributed by atoms with Gasteiger partial charge in [0.05, 0.1) is 5.56 Å². The number of pyridine rings is 1. The smallest absolute Gasteiger partial charge is 0.257 e. The molecule has 21 heavy (non-hydrogen) atoms. The van der Waals surface area contributed by atoms with Crippen LogP contribution in [-0.2, 0) is 0 Å². The number of hydrogen-bond acceptors (Lipinski definition) is 2. The number of nitrogens with one attached hydrogen (secondary N) is 1. The number of aromatic nitrogens is 1. The first-order valence-electron chi connectivity index (χ1n) is 6.25. The van der Waals surface area contributed by atoms with Crippen molar-refractivity contribution in [3.05, 3.63) is 69.0 Å². The van der Waals surface area contributed by atoms with Crippen LogP contribution in [0.4, 0.5) is 5.69 Å². The Kier molecular flexibility index (Phi) is 4.07. The Morgan fingerprint density at radius 1 is 1.05 bits per heavy atom. The van der Waals surface area contributed by atoms with E-state index in [9.17, 15) is 4.79 Å². The average molecular weight is 409 g/mol. The minimum Gasteiger partial charge on any atom is -0.322 e. The van der Waals surface area contributed by atoms with E-state index < -0.39 is 0 Å². The number of rotatable bonds is 2. The van der Waals surface area contributed by atoms with Crippen LogP contribution in [0.25, 0.3) is 10.8 Å². The molecule has 0 fully saturated rings. The maximum Gasteiger partial charge on any atom is 0.257 e. The third kappa shape index (κ3) is 3.01. The van der Waals surface area contributed by atoms with Crippen molar-refractivity contribution in [3.8, 4) is 0 Å². The van der Waals surface area contributed by atoms with Crippen LogP contribution in [0.3, 0.4) is 0 Å². The standard InChI is InChI=1S/C16H10ClIN2O/c17-15-13-4-2-1-3-12(13)14(9-19-15)16(21)20-11-7-5-10(18)6-8-11/h1-9H,(H,20,21). The van der Waals surface area contributed by atoms with E-state index in [2.05, 4.69) is 32.9 Å². The molecule has 0 aliphatic carbocycles. The van der Waals surface area contributed by atoms with Crippen LogP contribution >= 0.6 is 34.2 Å². The molecule has 0 bridgehead atoms. The summed E-state index contributed by atoms with van der Waals surface area (Å²) in [5, 5.41) is 4.84. The van der Waals surface area contributed by atoms with Crippen molar-refractivity contribution in [1.29, 1.82) is 0 Å². The van der Waals surface area contributed by atoms with Gasteiger partial charge in [-0.15, -0.1) is 0 Å². The van der Waals surface area contributed by atoms with Gasteiger partial charge in [-0.1, -0.05) is 35.9 Å². The van der Waals surface area contributed by atoms with Crippen LogP contribution in [-0.4, -0.2) is 10.9 Å². The zero-order chi connectivity index (χ0) is 14.8. The summed E-state index contributed by atoms with van der Waals surface area (Å²) >= 11 is 8.29. The van der Waals surface area contributed by atoms with Crippen LogP contribution in [0.2, 0.25) is 5.15 Å². The summed E-state index contributed by atoms with van der Waals surface area (Å²) in [4.78, 5) is 16.5. The van der Waals surface area contributed by atoms with Crippen molar-refractivity contribution in [1.82, 2.24) is 4.98 Å². The van der Waals surface area contributed by atoms with E-state index in [0.717, 1.165) is 20.0 Å². The highest BCUT2D eigenvalue weighted by Gasteiger charge is 2.12. The molecule has 0 atom stereocenters. The van der Waals surface area contributed by atoms with Crippen molar-refractivity contribution >= 4 is 56.6 Å². The summed E-state index contributed by atoms with van der Waals surface area (Å²) in [6.07, 6.45) is 1.51. The predicted molar refractivity (Wildman–Crippen MR) is 93.9 cm³/mol. The van der Waals surface area contributed by atoms with Gasteiger partial charge >= 0.3 is 0 Å². The lowest BCUT2D eigenvalue weighted by molar-refractivity contribution is 0.102. The van der Waals surface area contributed by atoms with Gasteiger partial charge in [-0.3, -0.25) is 4.79 Å². The van der Waals surface area contributed by atoms with Crippen molar-refractivity contribution in [3.63, 3.8) is 0 Å². The van der Waals surface area contributed by atoms with Crippen LogP contribution < -0.4 is 5.32 Å². The maximum absolute atomic E-state index is 12.4. The normalized spacial score (nSPS) is 10.6. The Morgan fingerprint density at radius 3 is 2.43 bits per heavy atom. The zero-order valence-electron chi connectivity index (χ0n) is 10.8. The second kappa shape index (κ2) is 5.99. The molecule has 5 heteroatoms. The monoisotopic (exact) mass is 408 g/mol. The molecule has 3 rings (SSSR count). The van der Waals surface area contributed by atoms with Gasteiger partial charge in [0.15, 0.2) is 0 Å². The molecule has 0 saturated heterocycles. The molecule has 1 aromatic heterocycles. The molecular weight excluding hydrogens is 399 g/mol. The highest BCUT2D eigenvalue weighted by molar-refractivity contribution is 14.1. The van der Waals surface area contributed by atoms with Crippen molar-refractivity contribution in [2.75, 3.05) is 5.32 Å². The quantitative estimate of drug-likeness (QED) is 0.491. The van der Waals surface area contributed by atoms with Gasteiger partial charge in [0, 0.05) is 20.8 Å². The summed E-state index contributed by atoms with van der Waals surface area (Å²) in [5.41, 5.74) is 1.26. The topological polar surface area (TPSA) is 42.0 Å². The van der Waals surface area contributed by atoms with Gasteiger partial charge in [0.25, 0.3) is 5.91 Å². The summed E-state index contributed by atoms with van der Waals surface area (Å²) in [6.45, 7) is 0. The minimum atomic E-state index is -0.198. The van der Waals surface area contributed by atoms with Crippen molar-refractivity contribution < 1.29 is 4.79 Å². The number of carbonyl (C=O) groups is 1. The lowest BCUT2D eigenvalue weighted by atomic mass is 10.1. The van der Waals surface area contributed by atoms with Crippen LogP contribution in [0.1, 0.15) is 10.4 Å². The van der Waals surface area contributed by atoms with Gasteiger partial charge in [-0.25, -0.2) is 4.98 Å². The maximum atomic E-state index is 12.4. The molecule has 104 valence electrons. The number of nitrogens with zero attached hydrogens (tertiary/aromatic N) is 1.